The van der Waals surface area contributed by atoms with Crippen molar-refractivity contribution in [1.29, 1.82) is 0 Å². The van der Waals surface area contributed by atoms with Crippen LogP contribution in [0, 0.1) is 11.6 Å². The fourth-order valence-electron chi connectivity index (χ4n) is 0.957. The first kappa shape index (κ1) is 11.1. The van der Waals surface area contributed by atoms with Crippen molar-refractivity contribution in [2.45, 2.75) is 13.0 Å². The van der Waals surface area contributed by atoms with E-state index < -0.39 is 23.5 Å². The van der Waals surface area contributed by atoms with Crippen molar-refractivity contribution in [3.8, 4) is 0 Å². The highest BCUT2D eigenvalue weighted by atomic mass is 35.5. The van der Waals surface area contributed by atoms with Crippen LogP contribution in [-0.2, 0) is 0 Å². The van der Waals surface area contributed by atoms with E-state index in [0.717, 1.165) is 6.07 Å². The third kappa shape index (κ3) is 2.08. The lowest BCUT2D eigenvalue weighted by Crippen LogP contribution is -2.27. The van der Waals surface area contributed by atoms with Crippen LogP contribution in [0.1, 0.15) is 17.3 Å². The van der Waals surface area contributed by atoms with Crippen LogP contribution in [0.25, 0.3) is 0 Å². The number of Topliss-reactive ketones (excluding diaryl/α,β-unsaturated/α-hetero) is 1. The summed E-state index contributed by atoms with van der Waals surface area (Å²) in [5.74, 6) is -2.45. The van der Waals surface area contributed by atoms with E-state index in [1.54, 1.807) is 0 Å². The quantitative estimate of drug-likeness (QED) is 0.612. The average molecular weight is 220 g/mol. The van der Waals surface area contributed by atoms with Crippen LogP contribution in [0.4, 0.5) is 8.78 Å². The zero-order valence-corrected chi connectivity index (χ0v) is 8.11. The first-order chi connectivity index (χ1) is 6.43. The molecule has 0 aliphatic carbocycles. The summed E-state index contributed by atoms with van der Waals surface area (Å²) in [6, 6.07) is 0.668. The van der Waals surface area contributed by atoms with Gasteiger partial charge in [-0.15, -0.1) is 0 Å². The molecule has 14 heavy (non-hydrogen) atoms. The molecule has 0 bridgehead atoms. The molecule has 0 saturated carbocycles. The summed E-state index contributed by atoms with van der Waals surface area (Å²) in [7, 11) is 0. The zero-order valence-electron chi connectivity index (χ0n) is 7.35. The van der Waals surface area contributed by atoms with Crippen molar-refractivity contribution < 1.29 is 13.6 Å². The predicted octanol–water partition coefficient (Wildman–Crippen LogP) is 2.15. The van der Waals surface area contributed by atoms with Crippen molar-refractivity contribution in [2.24, 2.45) is 5.73 Å². The second kappa shape index (κ2) is 4.02. The van der Waals surface area contributed by atoms with Crippen LogP contribution in [0.15, 0.2) is 12.1 Å². The molecule has 0 saturated heterocycles. The Kier molecular flexibility index (Phi) is 3.18. The van der Waals surface area contributed by atoms with E-state index in [-0.39, 0.29) is 10.6 Å². The normalized spacial score (nSPS) is 12.6. The molecule has 0 radical (unpaired) electrons. The second-order valence-corrected chi connectivity index (χ2v) is 3.31. The van der Waals surface area contributed by atoms with Gasteiger partial charge in [0.15, 0.2) is 5.78 Å². The Morgan fingerprint density at radius 3 is 2.50 bits per heavy atom. The van der Waals surface area contributed by atoms with Crippen LogP contribution in [0.2, 0.25) is 5.02 Å². The molecule has 2 N–H and O–H groups in total. The number of rotatable bonds is 2. The van der Waals surface area contributed by atoms with Gasteiger partial charge < -0.3 is 5.73 Å². The summed E-state index contributed by atoms with van der Waals surface area (Å²) in [4.78, 5) is 11.3. The van der Waals surface area contributed by atoms with Gasteiger partial charge in [-0.25, -0.2) is 8.78 Å². The number of carbonyl (C=O) groups excluding carboxylic acids is 1. The number of hydrogen-bond acceptors (Lipinski definition) is 2. The van der Waals surface area contributed by atoms with Crippen molar-refractivity contribution >= 4 is 17.4 Å². The molecule has 0 spiro atoms. The van der Waals surface area contributed by atoms with Crippen molar-refractivity contribution in [3.63, 3.8) is 0 Å². The van der Waals surface area contributed by atoms with E-state index >= 15 is 0 Å². The Bertz CT molecular complexity index is 379. The van der Waals surface area contributed by atoms with Crippen LogP contribution in [0.3, 0.4) is 0 Å². The summed E-state index contributed by atoms with van der Waals surface area (Å²) in [5, 5.41) is -0.296. The molecule has 5 heteroatoms. The second-order valence-electron chi connectivity index (χ2n) is 2.90. The Morgan fingerprint density at radius 2 is 2.00 bits per heavy atom. The minimum atomic E-state index is -0.950. The maximum atomic E-state index is 13.1. The predicted molar refractivity (Wildman–Crippen MR) is 49.3 cm³/mol. The van der Waals surface area contributed by atoms with Gasteiger partial charge >= 0.3 is 0 Å². The van der Waals surface area contributed by atoms with Gasteiger partial charge in [-0.1, -0.05) is 11.6 Å². The smallest absolute Gasteiger partial charge is 0.182 e. The molecule has 0 aromatic heterocycles. The molecule has 0 fully saturated rings. The lowest BCUT2D eigenvalue weighted by molar-refractivity contribution is 0.0964. The highest BCUT2D eigenvalue weighted by Crippen LogP contribution is 2.20. The Labute approximate surface area is 84.7 Å². The fraction of sp³-hybridized carbons (Fsp3) is 0.222. The van der Waals surface area contributed by atoms with Gasteiger partial charge in [0, 0.05) is 6.07 Å². The number of carbonyl (C=O) groups is 1. The summed E-state index contributed by atoms with van der Waals surface area (Å²) < 4.78 is 25.8. The summed E-state index contributed by atoms with van der Waals surface area (Å²) in [6.07, 6.45) is 0. The third-order valence-electron chi connectivity index (χ3n) is 1.69. The standard InChI is InChI=1S/C9H8ClF2NO/c1-4(13)9(14)5-2-6(10)8(12)3-7(5)11/h2-4H,13H2,1H3. The first-order valence-corrected chi connectivity index (χ1v) is 4.25. The number of hydrogen-bond donors (Lipinski definition) is 1. The highest BCUT2D eigenvalue weighted by molar-refractivity contribution is 6.31. The minimum absolute atomic E-state index is 0.286. The lowest BCUT2D eigenvalue weighted by atomic mass is 10.1. The number of nitrogens with two attached hydrogens (primary N) is 1. The van der Waals surface area contributed by atoms with Crippen LogP contribution >= 0.6 is 11.6 Å². The van der Waals surface area contributed by atoms with E-state index in [4.69, 9.17) is 17.3 Å². The Morgan fingerprint density at radius 1 is 1.43 bits per heavy atom. The van der Waals surface area contributed by atoms with E-state index in [9.17, 15) is 13.6 Å². The molecule has 1 unspecified atom stereocenters. The molecular formula is C9H8ClF2NO. The van der Waals surface area contributed by atoms with E-state index in [1.807, 2.05) is 0 Å². The van der Waals surface area contributed by atoms with Gasteiger partial charge in [0.1, 0.15) is 11.6 Å². The average Bonchev–Trinajstić information content (AvgIpc) is 2.10. The molecule has 2 nitrogen and oxygen atoms in total. The first-order valence-electron chi connectivity index (χ1n) is 3.88. The number of benzene rings is 1. The zero-order chi connectivity index (χ0) is 10.9. The van der Waals surface area contributed by atoms with Crippen LogP contribution < -0.4 is 5.73 Å². The summed E-state index contributed by atoms with van der Waals surface area (Å²) in [6.45, 7) is 1.42. The van der Waals surface area contributed by atoms with Crippen LogP contribution in [0.5, 0.6) is 0 Å². The molecule has 1 aromatic rings. The van der Waals surface area contributed by atoms with E-state index in [0.29, 0.717) is 6.07 Å². The molecule has 1 aromatic carbocycles. The van der Waals surface area contributed by atoms with Crippen LogP contribution in [-0.4, -0.2) is 11.8 Å². The molecule has 76 valence electrons. The summed E-state index contributed by atoms with van der Waals surface area (Å²) in [5.41, 5.74) is 4.99. The Hall–Kier alpha value is -1.00. The molecule has 0 aliphatic rings. The van der Waals surface area contributed by atoms with Gasteiger partial charge in [-0.05, 0) is 13.0 Å². The SMILES string of the molecule is CC(N)C(=O)c1cc(Cl)c(F)cc1F. The van der Waals surface area contributed by atoms with Gasteiger partial charge in [0.05, 0.1) is 16.6 Å². The monoisotopic (exact) mass is 219 g/mol. The molecule has 0 aliphatic heterocycles. The third-order valence-corrected chi connectivity index (χ3v) is 1.98. The molecule has 0 amide bonds. The van der Waals surface area contributed by atoms with Crippen molar-refractivity contribution in [2.75, 3.05) is 0 Å². The lowest BCUT2D eigenvalue weighted by Gasteiger charge is -2.06. The maximum Gasteiger partial charge on any atom is 0.182 e. The fourth-order valence-corrected chi connectivity index (χ4v) is 1.12. The Balaban J connectivity index is 3.22. The molecular weight excluding hydrogens is 212 g/mol. The molecule has 0 heterocycles. The van der Waals surface area contributed by atoms with Gasteiger partial charge in [0.2, 0.25) is 0 Å². The van der Waals surface area contributed by atoms with Gasteiger partial charge in [-0.3, -0.25) is 4.79 Å². The maximum absolute atomic E-state index is 13.1. The van der Waals surface area contributed by atoms with E-state index in [2.05, 4.69) is 0 Å². The topological polar surface area (TPSA) is 43.1 Å². The van der Waals surface area contributed by atoms with Gasteiger partial charge in [0.25, 0.3) is 0 Å². The highest BCUT2D eigenvalue weighted by Gasteiger charge is 2.17. The minimum Gasteiger partial charge on any atom is -0.321 e. The van der Waals surface area contributed by atoms with Crippen molar-refractivity contribution in [1.82, 2.24) is 0 Å². The van der Waals surface area contributed by atoms with Gasteiger partial charge in [-0.2, -0.15) is 0 Å². The largest absolute Gasteiger partial charge is 0.321 e. The molecule has 1 rings (SSSR count). The summed E-state index contributed by atoms with van der Waals surface area (Å²) >= 11 is 5.40. The number of halogens is 3. The van der Waals surface area contributed by atoms with E-state index in [1.165, 1.54) is 6.92 Å². The number of ketones is 1. The van der Waals surface area contributed by atoms with Crippen molar-refractivity contribution in [3.05, 3.63) is 34.4 Å². The molecule has 1 atom stereocenters.